The molecule has 1 aliphatic carbocycles. The molecule has 3 rings (SSSR count). The number of nitrogens with one attached hydrogen (secondary N) is 1. The van der Waals surface area contributed by atoms with Gasteiger partial charge in [-0.15, -0.1) is 12.4 Å². The Morgan fingerprint density at radius 1 is 1.33 bits per heavy atom. The zero-order valence-corrected chi connectivity index (χ0v) is 5.91. The Hall–Kier alpha value is -0.0800. The molecule has 0 aromatic rings. The van der Waals surface area contributed by atoms with E-state index < -0.39 is 0 Å². The molecule has 2 heterocycles. The highest BCUT2D eigenvalue weighted by molar-refractivity contribution is 5.85. The van der Waals surface area contributed by atoms with Crippen LogP contribution in [-0.4, -0.2) is 17.9 Å². The van der Waals surface area contributed by atoms with Crippen molar-refractivity contribution >= 4 is 18.2 Å². The van der Waals surface area contributed by atoms with Gasteiger partial charge in [-0.05, 0) is 6.42 Å². The van der Waals surface area contributed by atoms with Crippen molar-refractivity contribution in [2.24, 2.45) is 0 Å². The maximum Gasteiger partial charge on any atom is 0.136 e. The molecule has 0 aromatic carbocycles. The van der Waals surface area contributed by atoms with Crippen molar-refractivity contribution in [3.8, 4) is 0 Å². The minimum atomic E-state index is 0. The van der Waals surface area contributed by atoms with Crippen molar-refractivity contribution in [2.75, 3.05) is 0 Å². The number of ketones is 1. The van der Waals surface area contributed by atoms with E-state index in [-0.39, 0.29) is 12.4 Å². The fourth-order valence-electron chi connectivity index (χ4n) is 1.57. The molecule has 2 nitrogen and oxygen atoms in total. The molecule has 2 unspecified atom stereocenters. The van der Waals surface area contributed by atoms with Gasteiger partial charge >= 0.3 is 0 Å². The van der Waals surface area contributed by atoms with E-state index in [1.54, 1.807) is 0 Å². The smallest absolute Gasteiger partial charge is 0.136 e. The fraction of sp³-hybridized carbons (Fsp3) is 0.833. The van der Waals surface area contributed by atoms with Crippen LogP contribution in [-0.2, 0) is 4.79 Å². The minimum absolute atomic E-state index is 0. The van der Waals surface area contributed by atoms with Crippen LogP contribution in [0.1, 0.15) is 19.3 Å². The number of carbonyl (C=O) groups excluding carboxylic acids is 1. The first-order valence-electron chi connectivity index (χ1n) is 3.12. The first-order chi connectivity index (χ1) is 3.84. The van der Waals surface area contributed by atoms with Crippen molar-refractivity contribution in [3.05, 3.63) is 0 Å². The normalized spacial score (nSPS) is 38.9. The van der Waals surface area contributed by atoms with Crippen molar-refractivity contribution in [2.45, 2.75) is 31.3 Å². The number of hydrogen-bond donors (Lipinski definition) is 1. The van der Waals surface area contributed by atoms with E-state index in [0.717, 1.165) is 12.8 Å². The average Bonchev–Trinajstić information content (AvgIpc) is 1.62. The highest BCUT2D eigenvalue weighted by Crippen LogP contribution is 2.24. The molecule has 0 amide bonds. The molecular formula is C6H10ClNO. The molecule has 2 aliphatic heterocycles. The molecule has 2 saturated heterocycles. The molecule has 2 atom stereocenters. The number of piperidine rings is 1. The topological polar surface area (TPSA) is 29.1 Å². The van der Waals surface area contributed by atoms with E-state index in [9.17, 15) is 4.79 Å². The van der Waals surface area contributed by atoms with Gasteiger partial charge in [0.25, 0.3) is 0 Å². The number of carbonyl (C=O) groups is 1. The van der Waals surface area contributed by atoms with Crippen LogP contribution in [0.2, 0.25) is 0 Å². The third-order valence-electron chi connectivity index (χ3n) is 1.99. The number of halogens is 1. The van der Waals surface area contributed by atoms with E-state index in [1.165, 1.54) is 6.42 Å². The summed E-state index contributed by atoms with van der Waals surface area (Å²) < 4.78 is 0. The largest absolute Gasteiger partial charge is 0.310 e. The fourth-order valence-corrected chi connectivity index (χ4v) is 1.57. The molecule has 0 radical (unpaired) electrons. The molecule has 0 aromatic heterocycles. The van der Waals surface area contributed by atoms with Crippen molar-refractivity contribution in [1.29, 1.82) is 0 Å². The van der Waals surface area contributed by atoms with Gasteiger partial charge in [-0.25, -0.2) is 0 Å². The third kappa shape index (κ3) is 1.10. The predicted octanol–water partition coefficient (Wildman–Crippen LogP) is 0.502. The van der Waals surface area contributed by atoms with Crippen molar-refractivity contribution in [1.82, 2.24) is 5.32 Å². The SMILES string of the molecule is Cl.O=C1CC2CC(C1)N2. The lowest BCUT2D eigenvalue weighted by atomic mass is 9.82. The second-order valence-electron chi connectivity index (χ2n) is 2.74. The van der Waals surface area contributed by atoms with Gasteiger partial charge in [-0.3, -0.25) is 4.79 Å². The average molecular weight is 148 g/mol. The van der Waals surface area contributed by atoms with Crippen molar-refractivity contribution < 1.29 is 4.79 Å². The Labute approximate surface area is 60.4 Å². The van der Waals surface area contributed by atoms with Crippen molar-refractivity contribution in [3.63, 3.8) is 0 Å². The monoisotopic (exact) mass is 147 g/mol. The molecule has 3 heteroatoms. The lowest BCUT2D eigenvalue weighted by Crippen LogP contribution is -2.58. The van der Waals surface area contributed by atoms with E-state index in [0.29, 0.717) is 17.9 Å². The molecule has 9 heavy (non-hydrogen) atoms. The zero-order chi connectivity index (χ0) is 5.56. The van der Waals surface area contributed by atoms with Gasteiger partial charge < -0.3 is 5.32 Å². The van der Waals surface area contributed by atoms with E-state index in [1.807, 2.05) is 0 Å². The Kier molecular flexibility index (Phi) is 1.78. The highest BCUT2D eigenvalue weighted by atomic mass is 35.5. The van der Waals surface area contributed by atoms with Crippen LogP contribution in [0, 0.1) is 0 Å². The Morgan fingerprint density at radius 2 is 1.78 bits per heavy atom. The van der Waals surface area contributed by atoms with Crippen LogP contribution < -0.4 is 5.32 Å². The number of hydrogen-bond acceptors (Lipinski definition) is 2. The summed E-state index contributed by atoms with van der Waals surface area (Å²) in [4.78, 5) is 10.7. The van der Waals surface area contributed by atoms with Crippen LogP contribution in [0.3, 0.4) is 0 Å². The molecule has 0 spiro atoms. The summed E-state index contributed by atoms with van der Waals surface area (Å²) in [6.07, 6.45) is 2.82. The van der Waals surface area contributed by atoms with Gasteiger partial charge in [-0.1, -0.05) is 0 Å². The van der Waals surface area contributed by atoms with Gasteiger partial charge in [0.2, 0.25) is 0 Å². The van der Waals surface area contributed by atoms with Gasteiger partial charge in [0.1, 0.15) is 5.78 Å². The maximum absolute atomic E-state index is 10.7. The molecule has 3 fully saturated rings. The predicted molar refractivity (Wildman–Crippen MR) is 36.8 cm³/mol. The summed E-state index contributed by atoms with van der Waals surface area (Å²) in [5, 5.41) is 3.29. The maximum atomic E-state index is 10.7. The molecule has 2 bridgehead atoms. The molecule has 1 saturated carbocycles. The molecule has 3 aliphatic rings. The summed E-state index contributed by atoms with van der Waals surface area (Å²) in [7, 11) is 0. The standard InChI is InChI=1S/C6H9NO.ClH/c8-6-2-4-1-5(3-6)7-4;/h4-5,7H,1-3H2;1H. The third-order valence-corrected chi connectivity index (χ3v) is 1.99. The van der Waals surface area contributed by atoms with Gasteiger partial charge in [0.15, 0.2) is 0 Å². The van der Waals surface area contributed by atoms with E-state index in [2.05, 4.69) is 5.32 Å². The Balaban J connectivity index is 0.000000405. The molecule has 1 N–H and O–H groups in total. The van der Waals surface area contributed by atoms with Crippen LogP contribution in [0.25, 0.3) is 0 Å². The van der Waals surface area contributed by atoms with Gasteiger partial charge in [0, 0.05) is 24.9 Å². The van der Waals surface area contributed by atoms with Crippen LogP contribution in [0.5, 0.6) is 0 Å². The molecular weight excluding hydrogens is 138 g/mol. The summed E-state index contributed by atoms with van der Waals surface area (Å²) in [6.45, 7) is 0. The minimum Gasteiger partial charge on any atom is -0.310 e. The summed E-state index contributed by atoms with van der Waals surface area (Å²) in [5.41, 5.74) is 0. The Morgan fingerprint density at radius 3 is 2.00 bits per heavy atom. The first kappa shape index (κ1) is 7.03. The summed E-state index contributed by atoms with van der Waals surface area (Å²) >= 11 is 0. The van der Waals surface area contributed by atoms with E-state index >= 15 is 0 Å². The second kappa shape index (κ2) is 2.27. The number of fused-ring (bicyclic) bond motifs is 2. The quantitative estimate of drug-likeness (QED) is 0.541. The van der Waals surface area contributed by atoms with Crippen LogP contribution in [0.4, 0.5) is 0 Å². The van der Waals surface area contributed by atoms with Gasteiger partial charge in [-0.2, -0.15) is 0 Å². The Bertz CT molecular complexity index is 119. The molecule has 52 valence electrons. The number of rotatable bonds is 0. The summed E-state index contributed by atoms with van der Waals surface area (Å²) in [5.74, 6) is 0.449. The number of Topliss-reactive ketones (excluding diaryl/α,β-unsaturated/α-hetero) is 1. The van der Waals surface area contributed by atoms with Gasteiger partial charge in [0.05, 0.1) is 0 Å². The van der Waals surface area contributed by atoms with Crippen LogP contribution >= 0.6 is 12.4 Å². The van der Waals surface area contributed by atoms with Crippen LogP contribution in [0.15, 0.2) is 0 Å². The lowest BCUT2D eigenvalue weighted by Gasteiger charge is -2.41. The second-order valence-corrected chi connectivity index (χ2v) is 2.74. The first-order valence-corrected chi connectivity index (χ1v) is 3.12. The summed E-state index contributed by atoms with van der Waals surface area (Å²) in [6, 6.07) is 1.11. The lowest BCUT2D eigenvalue weighted by molar-refractivity contribution is -0.124. The zero-order valence-electron chi connectivity index (χ0n) is 5.09. The van der Waals surface area contributed by atoms with E-state index in [4.69, 9.17) is 0 Å². The highest BCUT2D eigenvalue weighted by Gasteiger charge is 2.36.